The first-order valence-electron chi connectivity index (χ1n) is 7.67. The van der Waals surface area contributed by atoms with Crippen LogP contribution in [-0.4, -0.2) is 17.5 Å². The van der Waals surface area contributed by atoms with Gasteiger partial charge in [-0.3, -0.25) is 10.1 Å². The highest BCUT2D eigenvalue weighted by Crippen LogP contribution is 2.29. The number of rotatable bonds is 7. The van der Waals surface area contributed by atoms with Crippen LogP contribution in [0.5, 0.6) is 0 Å². The molecule has 0 spiro atoms. The largest absolute Gasteiger partial charge is 0.313 e. The van der Waals surface area contributed by atoms with E-state index < -0.39 is 0 Å². The fraction of sp³-hybridized carbons (Fsp3) is 0.625. The SMILES string of the molecule is CCCNC(Cc1ccc([N+](=O)[O-])cc1)C1CCCC1. The molecule has 0 saturated heterocycles. The Morgan fingerprint density at radius 3 is 2.50 bits per heavy atom. The molecule has 0 radical (unpaired) electrons. The quantitative estimate of drug-likeness (QED) is 0.610. The van der Waals surface area contributed by atoms with E-state index in [0.717, 1.165) is 25.3 Å². The van der Waals surface area contributed by atoms with Crippen molar-refractivity contribution in [3.05, 3.63) is 39.9 Å². The van der Waals surface area contributed by atoms with Crippen LogP contribution < -0.4 is 5.32 Å². The first-order valence-corrected chi connectivity index (χ1v) is 7.67. The second-order valence-electron chi connectivity index (χ2n) is 5.73. The van der Waals surface area contributed by atoms with Crippen molar-refractivity contribution < 1.29 is 4.92 Å². The smallest absolute Gasteiger partial charge is 0.269 e. The number of nitro groups is 1. The summed E-state index contributed by atoms with van der Waals surface area (Å²) >= 11 is 0. The van der Waals surface area contributed by atoms with Gasteiger partial charge in [0.2, 0.25) is 0 Å². The molecule has 0 aliphatic heterocycles. The zero-order valence-corrected chi connectivity index (χ0v) is 12.2. The zero-order valence-electron chi connectivity index (χ0n) is 12.2. The van der Waals surface area contributed by atoms with Crippen molar-refractivity contribution in [3.63, 3.8) is 0 Å². The Morgan fingerprint density at radius 2 is 1.95 bits per heavy atom. The summed E-state index contributed by atoms with van der Waals surface area (Å²) in [5.41, 5.74) is 1.36. The monoisotopic (exact) mass is 276 g/mol. The molecule has 1 aromatic carbocycles. The number of hydrogen-bond donors (Lipinski definition) is 1. The molecule has 0 bridgehead atoms. The molecule has 0 heterocycles. The minimum Gasteiger partial charge on any atom is -0.313 e. The molecule has 4 heteroatoms. The van der Waals surface area contributed by atoms with Crippen molar-refractivity contribution in [2.45, 2.75) is 51.5 Å². The molecule has 1 aliphatic rings. The summed E-state index contributed by atoms with van der Waals surface area (Å²) in [4.78, 5) is 10.3. The maximum Gasteiger partial charge on any atom is 0.269 e. The predicted molar refractivity (Wildman–Crippen MR) is 80.8 cm³/mol. The summed E-state index contributed by atoms with van der Waals surface area (Å²) in [6.45, 7) is 3.23. The van der Waals surface area contributed by atoms with Crippen molar-refractivity contribution >= 4 is 5.69 Å². The van der Waals surface area contributed by atoms with E-state index >= 15 is 0 Å². The molecule has 2 rings (SSSR count). The fourth-order valence-electron chi connectivity index (χ4n) is 3.10. The summed E-state index contributed by atoms with van der Waals surface area (Å²) < 4.78 is 0. The first-order chi connectivity index (χ1) is 9.70. The predicted octanol–water partition coefficient (Wildman–Crippen LogP) is 3.70. The van der Waals surface area contributed by atoms with Crippen LogP contribution in [0.15, 0.2) is 24.3 Å². The minimum atomic E-state index is -0.340. The van der Waals surface area contributed by atoms with Gasteiger partial charge in [-0.05, 0) is 43.7 Å². The Kier molecular flexibility index (Phi) is 5.53. The van der Waals surface area contributed by atoms with Gasteiger partial charge in [0, 0.05) is 18.2 Å². The summed E-state index contributed by atoms with van der Waals surface area (Å²) in [6, 6.07) is 7.53. The van der Waals surface area contributed by atoms with Crippen molar-refractivity contribution in [1.82, 2.24) is 5.32 Å². The van der Waals surface area contributed by atoms with E-state index in [0.29, 0.717) is 6.04 Å². The van der Waals surface area contributed by atoms with E-state index in [-0.39, 0.29) is 10.6 Å². The van der Waals surface area contributed by atoms with Crippen molar-refractivity contribution in [2.24, 2.45) is 5.92 Å². The normalized spacial score (nSPS) is 17.2. The third kappa shape index (κ3) is 4.04. The number of benzene rings is 1. The molecule has 1 saturated carbocycles. The third-order valence-electron chi connectivity index (χ3n) is 4.23. The zero-order chi connectivity index (χ0) is 14.4. The summed E-state index contributed by atoms with van der Waals surface area (Å²) in [7, 11) is 0. The Bertz CT molecular complexity index is 425. The first kappa shape index (κ1) is 15.0. The van der Waals surface area contributed by atoms with Crippen LogP contribution in [0, 0.1) is 16.0 Å². The second-order valence-corrected chi connectivity index (χ2v) is 5.73. The molecule has 1 aromatic rings. The van der Waals surface area contributed by atoms with Crippen molar-refractivity contribution in [1.29, 1.82) is 0 Å². The molecule has 1 fully saturated rings. The number of hydrogen-bond acceptors (Lipinski definition) is 3. The summed E-state index contributed by atoms with van der Waals surface area (Å²) in [5.74, 6) is 0.761. The third-order valence-corrected chi connectivity index (χ3v) is 4.23. The molecular formula is C16H24N2O2. The molecule has 1 atom stereocenters. The van der Waals surface area contributed by atoms with Crippen LogP contribution in [0.2, 0.25) is 0 Å². The number of nitrogens with zero attached hydrogens (tertiary/aromatic N) is 1. The van der Waals surface area contributed by atoms with Gasteiger partial charge in [0.1, 0.15) is 0 Å². The van der Waals surface area contributed by atoms with Gasteiger partial charge in [0.15, 0.2) is 0 Å². The van der Waals surface area contributed by atoms with Crippen LogP contribution in [0.1, 0.15) is 44.6 Å². The molecule has 1 N–H and O–H groups in total. The van der Waals surface area contributed by atoms with Gasteiger partial charge in [0.05, 0.1) is 4.92 Å². The van der Waals surface area contributed by atoms with Gasteiger partial charge < -0.3 is 5.32 Å². The minimum absolute atomic E-state index is 0.174. The average Bonchev–Trinajstić information content (AvgIpc) is 2.98. The maximum absolute atomic E-state index is 10.7. The average molecular weight is 276 g/mol. The van der Waals surface area contributed by atoms with Gasteiger partial charge in [0.25, 0.3) is 5.69 Å². The second kappa shape index (κ2) is 7.39. The van der Waals surface area contributed by atoms with Gasteiger partial charge in [-0.2, -0.15) is 0 Å². The van der Waals surface area contributed by atoms with Crippen molar-refractivity contribution in [3.8, 4) is 0 Å². The van der Waals surface area contributed by atoms with Gasteiger partial charge in [-0.1, -0.05) is 31.9 Å². The van der Waals surface area contributed by atoms with E-state index in [1.165, 1.54) is 31.2 Å². The Hall–Kier alpha value is -1.42. The number of non-ortho nitro benzene ring substituents is 1. The Balaban J connectivity index is 2.00. The molecule has 20 heavy (non-hydrogen) atoms. The van der Waals surface area contributed by atoms with Crippen LogP contribution in [0.3, 0.4) is 0 Å². The summed E-state index contributed by atoms with van der Waals surface area (Å²) in [6.07, 6.45) is 7.43. The molecule has 1 aliphatic carbocycles. The van der Waals surface area contributed by atoms with Gasteiger partial charge in [-0.25, -0.2) is 0 Å². The van der Waals surface area contributed by atoms with E-state index in [4.69, 9.17) is 0 Å². The van der Waals surface area contributed by atoms with E-state index in [2.05, 4.69) is 12.2 Å². The van der Waals surface area contributed by atoms with E-state index in [9.17, 15) is 10.1 Å². The van der Waals surface area contributed by atoms with Crippen LogP contribution in [0.4, 0.5) is 5.69 Å². The highest BCUT2D eigenvalue weighted by Gasteiger charge is 2.24. The van der Waals surface area contributed by atoms with E-state index in [1.807, 2.05) is 12.1 Å². The van der Waals surface area contributed by atoms with Gasteiger partial charge >= 0.3 is 0 Å². The standard InChI is InChI=1S/C16H24N2O2/c1-2-11-17-16(14-5-3-4-6-14)12-13-7-9-15(10-8-13)18(19)20/h7-10,14,16-17H,2-6,11-12H2,1H3. The Labute approximate surface area is 120 Å². The molecule has 4 nitrogen and oxygen atoms in total. The highest BCUT2D eigenvalue weighted by atomic mass is 16.6. The fourth-order valence-corrected chi connectivity index (χ4v) is 3.10. The molecule has 0 amide bonds. The highest BCUT2D eigenvalue weighted by molar-refractivity contribution is 5.33. The van der Waals surface area contributed by atoms with Gasteiger partial charge in [-0.15, -0.1) is 0 Å². The lowest BCUT2D eigenvalue weighted by atomic mass is 9.92. The number of nitrogens with one attached hydrogen (secondary N) is 1. The lowest BCUT2D eigenvalue weighted by Crippen LogP contribution is -2.37. The molecule has 110 valence electrons. The van der Waals surface area contributed by atoms with E-state index in [1.54, 1.807) is 12.1 Å². The van der Waals surface area contributed by atoms with Crippen LogP contribution >= 0.6 is 0 Å². The molecule has 0 aromatic heterocycles. The van der Waals surface area contributed by atoms with Crippen LogP contribution in [-0.2, 0) is 6.42 Å². The van der Waals surface area contributed by atoms with Crippen LogP contribution in [0.25, 0.3) is 0 Å². The lowest BCUT2D eigenvalue weighted by Gasteiger charge is -2.25. The molecular weight excluding hydrogens is 252 g/mol. The summed E-state index contributed by atoms with van der Waals surface area (Å²) in [5, 5.41) is 14.3. The maximum atomic E-state index is 10.7. The van der Waals surface area contributed by atoms with Crippen molar-refractivity contribution in [2.75, 3.05) is 6.54 Å². The lowest BCUT2D eigenvalue weighted by molar-refractivity contribution is -0.384. The molecule has 1 unspecified atom stereocenters. The topological polar surface area (TPSA) is 55.2 Å². The number of nitro benzene ring substituents is 1. The Morgan fingerprint density at radius 1 is 1.30 bits per heavy atom.